The summed E-state index contributed by atoms with van der Waals surface area (Å²) >= 11 is 6.01. The van der Waals surface area contributed by atoms with Crippen molar-refractivity contribution in [2.24, 2.45) is 0 Å². The number of hydrogen-bond donors (Lipinski definition) is 1. The van der Waals surface area contributed by atoms with Crippen LogP contribution in [0, 0.1) is 0 Å². The van der Waals surface area contributed by atoms with Crippen molar-refractivity contribution in [1.29, 1.82) is 0 Å². The SMILES string of the molecule is COc1cccc(NC(=O)CN(C)C(=O)c2cc(-c3ccco3)n(-c3ccc(Cl)cc3)n2)c1. The highest BCUT2D eigenvalue weighted by Crippen LogP contribution is 2.26. The number of aromatic nitrogens is 2. The van der Waals surface area contributed by atoms with Crippen molar-refractivity contribution in [3.63, 3.8) is 0 Å². The molecule has 0 atom stereocenters. The van der Waals surface area contributed by atoms with Crippen molar-refractivity contribution in [2.75, 3.05) is 26.0 Å². The molecule has 2 heterocycles. The maximum absolute atomic E-state index is 13.1. The molecule has 2 amide bonds. The second kappa shape index (κ2) is 9.62. The molecule has 0 radical (unpaired) electrons. The highest BCUT2D eigenvalue weighted by atomic mass is 35.5. The Balaban J connectivity index is 1.54. The number of nitrogens with zero attached hydrogens (tertiary/aromatic N) is 3. The molecular weight excluding hydrogens is 444 g/mol. The molecule has 8 nitrogen and oxygen atoms in total. The lowest BCUT2D eigenvalue weighted by atomic mass is 10.2. The van der Waals surface area contributed by atoms with Crippen LogP contribution in [0.3, 0.4) is 0 Å². The number of rotatable bonds is 7. The fraction of sp³-hybridized carbons (Fsp3) is 0.125. The van der Waals surface area contributed by atoms with Gasteiger partial charge in [0, 0.05) is 29.9 Å². The van der Waals surface area contributed by atoms with Gasteiger partial charge in [-0.05, 0) is 48.5 Å². The third kappa shape index (κ3) is 5.07. The van der Waals surface area contributed by atoms with Crippen molar-refractivity contribution >= 4 is 29.1 Å². The number of carbonyl (C=O) groups excluding carboxylic acids is 2. The Kier molecular flexibility index (Phi) is 6.46. The van der Waals surface area contributed by atoms with Gasteiger partial charge in [-0.3, -0.25) is 9.59 Å². The number of likely N-dealkylation sites (N-methyl/N-ethyl adjacent to an activating group) is 1. The summed E-state index contributed by atoms with van der Waals surface area (Å²) in [5, 5.41) is 7.82. The van der Waals surface area contributed by atoms with E-state index in [1.165, 1.54) is 4.90 Å². The molecule has 0 saturated carbocycles. The molecule has 1 N–H and O–H groups in total. The normalized spacial score (nSPS) is 10.6. The fourth-order valence-electron chi connectivity index (χ4n) is 3.25. The number of carbonyl (C=O) groups is 2. The minimum Gasteiger partial charge on any atom is -0.497 e. The number of halogens is 1. The Bertz CT molecular complexity index is 1270. The van der Waals surface area contributed by atoms with Gasteiger partial charge in [-0.2, -0.15) is 5.10 Å². The first-order chi connectivity index (χ1) is 15.9. The van der Waals surface area contributed by atoms with Crippen LogP contribution in [0.4, 0.5) is 5.69 Å². The van der Waals surface area contributed by atoms with E-state index >= 15 is 0 Å². The lowest BCUT2D eigenvalue weighted by molar-refractivity contribution is -0.116. The largest absolute Gasteiger partial charge is 0.497 e. The highest BCUT2D eigenvalue weighted by Gasteiger charge is 2.22. The summed E-state index contributed by atoms with van der Waals surface area (Å²) < 4.78 is 12.3. The molecule has 0 aliphatic carbocycles. The average Bonchev–Trinajstić information content (AvgIpc) is 3.49. The molecule has 0 spiro atoms. The smallest absolute Gasteiger partial charge is 0.274 e. The first-order valence-corrected chi connectivity index (χ1v) is 10.4. The van der Waals surface area contributed by atoms with Gasteiger partial charge in [0.05, 0.1) is 25.6 Å². The predicted molar refractivity (Wildman–Crippen MR) is 125 cm³/mol. The number of amides is 2. The quantitative estimate of drug-likeness (QED) is 0.435. The van der Waals surface area contributed by atoms with Crippen molar-refractivity contribution in [1.82, 2.24) is 14.7 Å². The van der Waals surface area contributed by atoms with E-state index in [1.807, 2.05) is 0 Å². The van der Waals surface area contributed by atoms with E-state index in [0.717, 1.165) is 0 Å². The molecule has 4 rings (SSSR count). The molecule has 0 unspecified atom stereocenters. The summed E-state index contributed by atoms with van der Waals surface area (Å²) in [5.74, 6) is 0.421. The van der Waals surface area contributed by atoms with E-state index in [9.17, 15) is 9.59 Å². The zero-order valence-corrected chi connectivity index (χ0v) is 18.7. The Labute approximate surface area is 195 Å². The topological polar surface area (TPSA) is 89.6 Å². The number of nitrogens with one attached hydrogen (secondary N) is 1. The summed E-state index contributed by atoms with van der Waals surface area (Å²) in [6.45, 7) is -0.153. The predicted octanol–water partition coefficient (Wildman–Crippen LogP) is 4.51. The molecule has 2 aromatic heterocycles. The summed E-state index contributed by atoms with van der Waals surface area (Å²) in [4.78, 5) is 26.8. The fourth-order valence-corrected chi connectivity index (χ4v) is 3.37. The second-order valence-electron chi connectivity index (χ2n) is 7.22. The Morgan fingerprint density at radius 1 is 1.12 bits per heavy atom. The second-order valence-corrected chi connectivity index (χ2v) is 7.66. The maximum atomic E-state index is 13.1. The van der Waals surface area contributed by atoms with Crippen LogP contribution in [0.1, 0.15) is 10.5 Å². The number of hydrogen-bond acceptors (Lipinski definition) is 5. The molecule has 0 aliphatic rings. The van der Waals surface area contributed by atoms with Crippen LogP contribution >= 0.6 is 11.6 Å². The zero-order valence-electron chi connectivity index (χ0n) is 18.0. The van der Waals surface area contributed by atoms with Crippen LogP contribution < -0.4 is 10.1 Å². The van der Waals surface area contributed by atoms with E-state index in [4.69, 9.17) is 20.8 Å². The third-order valence-electron chi connectivity index (χ3n) is 4.85. The summed E-state index contributed by atoms with van der Waals surface area (Å²) in [6, 6.07) is 19.2. The van der Waals surface area contributed by atoms with Gasteiger partial charge in [0.15, 0.2) is 11.5 Å². The van der Waals surface area contributed by atoms with Crippen LogP contribution in [0.25, 0.3) is 17.1 Å². The van der Waals surface area contributed by atoms with Crippen molar-refractivity contribution < 1.29 is 18.7 Å². The molecule has 2 aromatic carbocycles. The van der Waals surface area contributed by atoms with Gasteiger partial charge in [0.2, 0.25) is 5.91 Å². The highest BCUT2D eigenvalue weighted by molar-refractivity contribution is 6.30. The lowest BCUT2D eigenvalue weighted by Gasteiger charge is -2.15. The van der Waals surface area contributed by atoms with Crippen molar-refractivity contribution in [3.05, 3.63) is 83.7 Å². The molecule has 168 valence electrons. The Morgan fingerprint density at radius 2 is 1.91 bits per heavy atom. The lowest BCUT2D eigenvalue weighted by Crippen LogP contribution is -2.35. The van der Waals surface area contributed by atoms with E-state index < -0.39 is 5.91 Å². The standard InChI is InChI=1S/C24H21ClN4O4/c1-28(15-23(30)26-17-5-3-6-19(13-17)32-2)24(31)20-14-21(22-7-4-12-33-22)29(27-20)18-10-8-16(25)9-11-18/h3-14H,15H2,1-2H3,(H,26,30). The Hall–Kier alpha value is -4.04. The molecule has 0 saturated heterocycles. The summed E-state index contributed by atoms with van der Waals surface area (Å²) in [5.41, 5.74) is 2.06. The van der Waals surface area contributed by atoms with Crippen LogP contribution in [0.2, 0.25) is 5.02 Å². The zero-order chi connectivity index (χ0) is 23.4. The number of benzene rings is 2. The van der Waals surface area contributed by atoms with Crippen LogP contribution in [0.5, 0.6) is 5.75 Å². The van der Waals surface area contributed by atoms with Crippen molar-refractivity contribution in [2.45, 2.75) is 0 Å². The van der Waals surface area contributed by atoms with Gasteiger partial charge < -0.3 is 19.4 Å². The third-order valence-corrected chi connectivity index (χ3v) is 5.11. The monoisotopic (exact) mass is 464 g/mol. The number of furan rings is 1. The van der Waals surface area contributed by atoms with Gasteiger partial charge in [0.1, 0.15) is 11.4 Å². The molecule has 9 heteroatoms. The van der Waals surface area contributed by atoms with Gasteiger partial charge in [0.25, 0.3) is 5.91 Å². The minimum atomic E-state index is -0.406. The molecular formula is C24H21ClN4O4. The molecule has 33 heavy (non-hydrogen) atoms. The molecule has 0 fully saturated rings. The van der Waals surface area contributed by atoms with Gasteiger partial charge >= 0.3 is 0 Å². The number of anilines is 1. The van der Waals surface area contributed by atoms with Crippen LogP contribution in [-0.2, 0) is 4.79 Å². The number of methoxy groups -OCH3 is 1. The van der Waals surface area contributed by atoms with Crippen LogP contribution in [-0.4, -0.2) is 47.2 Å². The van der Waals surface area contributed by atoms with E-state index in [0.29, 0.717) is 33.6 Å². The average molecular weight is 465 g/mol. The van der Waals surface area contributed by atoms with E-state index in [2.05, 4.69) is 10.4 Å². The van der Waals surface area contributed by atoms with Crippen LogP contribution in [0.15, 0.2) is 77.4 Å². The summed E-state index contributed by atoms with van der Waals surface area (Å²) in [6.07, 6.45) is 1.55. The molecule has 0 aliphatic heterocycles. The minimum absolute atomic E-state index is 0.153. The van der Waals surface area contributed by atoms with Gasteiger partial charge in [-0.25, -0.2) is 4.68 Å². The molecule has 0 bridgehead atoms. The first-order valence-electron chi connectivity index (χ1n) is 10.0. The van der Waals surface area contributed by atoms with Gasteiger partial charge in [-0.15, -0.1) is 0 Å². The molecule has 4 aromatic rings. The van der Waals surface area contributed by atoms with Gasteiger partial charge in [-0.1, -0.05) is 17.7 Å². The van der Waals surface area contributed by atoms with E-state index in [1.54, 1.807) is 91.8 Å². The Morgan fingerprint density at radius 3 is 2.61 bits per heavy atom. The summed E-state index contributed by atoms with van der Waals surface area (Å²) in [7, 11) is 3.09. The van der Waals surface area contributed by atoms with E-state index in [-0.39, 0.29) is 18.1 Å². The van der Waals surface area contributed by atoms with Crippen molar-refractivity contribution in [3.8, 4) is 22.9 Å². The first kappa shape index (κ1) is 22.2. The number of ether oxygens (including phenoxy) is 1. The maximum Gasteiger partial charge on any atom is 0.274 e.